The lowest BCUT2D eigenvalue weighted by Crippen LogP contribution is -2.09. The summed E-state index contributed by atoms with van der Waals surface area (Å²) in [7, 11) is 0. The molecule has 0 atom stereocenters. The Hall–Kier alpha value is -2.08. The predicted molar refractivity (Wildman–Crippen MR) is 82.7 cm³/mol. The van der Waals surface area contributed by atoms with Gasteiger partial charge in [-0.3, -0.25) is 10.1 Å². The van der Waals surface area contributed by atoms with Crippen LogP contribution in [-0.4, -0.2) is 14.7 Å². The van der Waals surface area contributed by atoms with Crippen LogP contribution < -0.4 is 5.32 Å². The molecule has 1 heterocycles. The summed E-state index contributed by atoms with van der Waals surface area (Å²) in [6.45, 7) is 4.74. The summed E-state index contributed by atoms with van der Waals surface area (Å²) in [6.07, 6.45) is 0.851. The van der Waals surface area contributed by atoms with E-state index in [9.17, 15) is 10.1 Å². The van der Waals surface area contributed by atoms with Gasteiger partial charge in [0.25, 0.3) is 0 Å². The van der Waals surface area contributed by atoms with Crippen LogP contribution in [0.4, 0.5) is 11.5 Å². The van der Waals surface area contributed by atoms with Crippen molar-refractivity contribution in [1.29, 1.82) is 0 Å². The van der Waals surface area contributed by atoms with Crippen LogP contribution in [-0.2, 0) is 13.1 Å². The van der Waals surface area contributed by atoms with E-state index in [1.54, 1.807) is 17.7 Å². The smallest absolute Gasteiger partial charge is 0.333 e. The largest absolute Gasteiger partial charge is 0.360 e. The van der Waals surface area contributed by atoms with Gasteiger partial charge in [0.15, 0.2) is 0 Å². The van der Waals surface area contributed by atoms with Crippen molar-refractivity contribution in [3.63, 3.8) is 0 Å². The molecule has 0 spiro atoms. The molecule has 7 heteroatoms. The van der Waals surface area contributed by atoms with Crippen LogP contribution in [0.1, 0.15) is 24.6 Å². The zero-order valence-corrected chi connectivity index (χ0v) is 12.7. The second kappa shape index (κ2) is 6.58. The minimum absolute atomic E-state index is 0.0329. The standard InChI is InChI=1S/C14H17ClN4O2/c1-3-7-18-14(13(19(20)21)10(2)17-18)16-9-11-5-4-6-12(15)8-11/h4-6,8,16H,3,7,9H2,1-2H3. The molecule has 2 aromatic rings. The molecule has 21 heavy (non-hydrogen) atoms. The molecule has 2 rings (SSSR count). The molecule has 0 aliphatic carbocycles. The Labute approximate surface area is 127 Å². The van der Waals surface area contributed by atoms with E-state index in [-0.39, 0.29) is 5.69 Å². The molecule has 0 radical (unpaired) electrons. The summed E-state index contributed by atoms with van der Waals surface area (Å²) in [6, 6.07) is 7.38. The number of rotatable bonds is 6. The first-order valence-electron chi connectivity index (χ1n) is 6.73. The van der Waals surface area contributed by atoms with E-state index in [0.717, 1.165) is 12.0 Å². The number of nitrogens with one attached hydrogen (secondary N) is 1. The molecule has 0 saturated heterocycles. The second-order valence-corrected chi connectivity index (χ2v) is 5.18. The van der Waals surface area contributed by atoms with E-state index < -0.39 is 4.92 Å². The summed E-state index contributed by atoms with van der Waals surface area (Å²) in [5.74, 6) is 0.444. The Morgan fingerprint density at radius 3 is 2.86 bits per heavy atom. The molecular formula is C14H17ClN4O2. The molecule has 0 amide bonds. The molecule has 0 unspecified atom stereocenters. The Balaban J connectivity index is 2.27. The van der Waals surface area contributed by atoms with Gasteiger partial charge in [0.2, 0.25) is 5.82 Å². The Morgan fingerprint density at radius 2 is 2.24 bits per heavy atom. The lowest BCUT2D eigenvalue weighted by Gasteiger charge is -2.08. The van der Waals surface area contributed by atoms with E-state index in [1.165, 1.54) is 0 Å². The third kappa shape index (κ3) is 3.52. The van der Waals surface area contributed by atoms with Gasteiger partial charge in [0, 0.05) is 18.1 Å². The first-order valence-corrected chi connectivity index (χ1v) is 7.10. The molecule has 112 valence electrons. The molecule has 0 bridgehead atoms. The van der Waals surface area contributed by atoms with Gasteiger partial charge in [-0.15, -0.1) is 0 Å². The Kier molecular flexibility index (Phi) is 4.80. The van der Waals surface area contributed by atoms with Gasteiger partial charge in [-0.1, -0.05) is 30.7 Å². The van der Waals surface area contributed by atoms with Crippen molar-refractivity contribution in [3.8, 4) is 0 Å². The number of halogens is 1. The Morgan fingerprint density at radius 1 is 1.48 bits per heavy atom. The van der Waals surface area contributed by atoms with E-state index >= 15 is 0 Å². The number of benzene rings is 1. The maximum Gasteiger partial charge on any atom is 0.333 e. The minimum atomic E-state index is -0.394. The van der Waals surface area contributed by atoms with Gasteiger partial charge in [0.05, 0.1) is 4.92 Å². The topological polar surface area (TPSA) is 73.0 Å². The number of nitro groups is 1. The molecule has 1 N–H and O–H groups in total. The third-order valence-electron chi connectivity index (χ3n) is 3.06. The van der Waals surface area contributed by atoms with E-state index in [1.807, 2.05) is 25.1 Å². The van der Waals surface area contributed by atoms with E-state index in [4.69, 9.17) is 11.6 Å². The van der Waals surface area contributed by atoms with Gasteiger partial charge in [-0.25, -0.2) is 4.68 Å². The van der Waals surface area contributed by atoms with Crippen LogP contribution >= 0.6 is 11.6 Å². The van der Waals surface area contributed by atoms with Crippen molar-refractivity contribution in [2.45, 2.75) is 33.4 Å². The van der Waals surface area contributed by atoms with Crippen LogP contribution in [0.5, 0.6) is 0 Å². The SMILES string of the molecule is CCCn1nc(C)c([N+](=O)[O-])c1NCc1cccc(Cl)c1. The molecule has 0 aliphatic rings. The third-order valence-corrected chi connectivity index (χ3v) is 3.30. The van der Waals surface area contributed by atoms with Gasteiger partial charge in [-0.05, 0) is 31.0 Å². The first-order chi connectivity index (χ1) is 10.0. The number of aromatic nitrogens is 2. The fraction of sp³-hybridized carbons (Fsp3) is 0.357. The molecular weight excluding hydrogens is 292 g/mol. The van der Waals surface area contributed by atoms with Gasteiger partial charge in [0.1, 0.15) is 5.69 Å². The maximum atomic E-state index is 11.2. The lowest BCUT2D eigenvalue weighted by atomic mass is 10.2. The zero-order valence-electron chi connectivity index (χ0n) is 12.0. The molecule has 1 aromatic carbocycles. The number of hydrogen-bond donors (Lipinski definition) is 1. The van der Waals surface area contributed by atoms with Crippen LogP contribution in [0.3, 0.4) is 0 Å². The summed E-state index contributed by atoms with van der Waals surface area (Å²) >= 11 is 5.94. The molecule has 0 fully saturated rings. The molecule has 6 nitrogen and oxygen atoms in total. The number of nitrogens with zero attached hydrogens (tertiary/aromatic N) is 3. The van der Waals surface area contributed by atoms with Crippen molar-refractivity contribution in [2.75, 3.05) is 5.32 Å². The van der Waals surface area contributed by atoms with Crippen molar-refractivity contribution < 1.29 is 4.92 Å². The van der Waals surface area contributed by atoms with Gasteiger partial charge < -0.3 is 5.32 Å². The summed E-state index contributed by atoms with van der Waals surface area (Å²) in [5, 5.41) is 19.2. The van der Waals surface area contributed by atoms with E-state index in [2.05, 4.69) is 10.4 Å². The van der Waals surface area contributed by atoms with Crippen molar-refractivity contribution >= 4 is 23.1 Å². The van der Waals surface area contributed by atoms with Gasteiger partial charge >= 0.3 is 5.69 Å². The number of anilines is 1. The highest BCUT2D eigenvalue weighted by atomic mass is 35.5. The summed E-state index contributed by atoms with van der Waals surface area (Å²) < 4.78 is 1.65. The van der Waals surface area contributed by atoms with Crippen molar-refractivity contribution in [1.82, 2.24) is 9.78 Å². The highest BCUT2D eigenvalue weighted by molar-refractivity contribution is 6.30. The lowest BCUT2D eigenvalue weighted by molar-refractivity contribution is -0.384. The highest BCUT2D eigenvalue weighted by Crippen LogP contribution is 2.29. The normalized spacial score (nSPS) is 10.6. The van der Waals surface area contributed by atoms with E-state index in [0.29, 0.717) is 29.6 Å². The summed E-state index contributed by atoms with van der Waals surface area (Å²) in [5.41, 5.74) is 1.41. The zero-order chi connectivity index (χ0) is 15.4. The summed E-state index contributed by atoms with van der Waals surface area (Å²) in [4.78, 5) is 10.8. The monoisotopic (exact) mass is 308 g/mol. The first kappa shape index (κ1) is 15.3. The van der Waals surface area contributed by atoms with Crippen molar-refractivity contribution in [2.24, 2.45) is 0 Å². The second-order valence-electron chi connectivity index (χ2n) is 4.75. The van der Waals surface area contributed by atoms with Crippen LogP contribution in [0.15, 0.2) is 24.3 Å². The quantitative estimate of drug-likeness (QED) is 0.651. The average molecular weight is 309 g/mol. The average Bonchev–Trinajstić information content (AvgIpc) is 2.73. The number of aryl methyl sites for hydroxylation is 2. The highest BCUT2D eigenvalue weighted by Gasteiger charge is 2.24. The number of hydrogen-bond acceptors (Lipinski definition) is 4. The molecule has 1 aromatic heterocycles. The fourth-order valence-electron chi connectivity index (χ4n) is 2.17. The molecule has 0 aliphatic heterocycles. The Bertz CT molecular complexity index is 654. The fourth-order valence-corrected chi connectivity index (χ4v) is 2.38. The predicted octanol–water partition coefficient (Wildman–Crippen LogP) is 3.78. The maximum absolute atomic E-state index is 11.2. The van der Waals surface area contributed by atoms with Crippen LogP contribution in [0.2, 0.25) is 5.02 Å². The van der Waals surface area contributed by atoms with Crippen molar-refractivity contribution in [3.05, 3.63) is 50.7 Å². The minimum Gasteiger partial charge on any atom is -0.360 e. The molecule has 0 saturated carbocycles. The van der Waals surface area contributed by atoms with Crippen LogP contribution in [0, 0.1) is 17.0 Å². The van der Waals surface area contributed by atoms with Crippen LogP contribution in [0.25, 0.3) is 0 Å². The van der Waals surface area contributed by atoms with Gasteiger partial charge in [-0.2, -0.15) is 5.10 Å².